The van der Waals surface area contributed by atoms with Gasteiger partial charge in [-0.3, -0.25) is 0 Å². The fourth-order valence-corrected chi connectivity index (χ4v) is 6.74. The Morgan fingerprint density at radius 1 is 1.10 bits per heavy atom. The van der Waals surface area contributed by atoms with Crippen LogP contribution in [0.4, 0.5) is 11.8 Å². The first-order chi connectivity index (χ1) is 19.0. The van der Waals surface area contributed by atoms with Gasteiger partial charge in [0.05, 0.1) is 19.3 Å². The smallest absolute Gasteiger partial charge is 0.371 e. The molecule has 2 aliphatic carbocycles. The number of carboxylic acids is 1. The van der Waals surface area contributed by atoms with E-state index in [2.05, 4.69) is 45.6 Å². The van der Waals surface area contributed by atoms with Gasteiger partial charge in [0.15, 0.2) is 5.82 Å². The average molecular weight is 535 g/mol. The molecule has 1 aromatic carbocycles. The molecule has 3 fully saturated rings. The van der Waals surface area contributed by atoms with Gasteiger partial charge in [0.25, 0.3) is 0 Å². The highest BCUT2D eigenvalue weighted by Crippen LogP contribution is 2.41. The third-order valence-electron chi connectivity index (χ3n) is 9.41. The van der Waals surface area contributed by atoms with Crippen molar-refractivity contribution >= 4 is 23.6 Å². The fraction of sp³-hybridized carbons (Fsp3) is 0.633. The average Bonchev–Trinajstić information content (AvgIpc) is 3.28. The third kappa shape index (κ3) is 5.31. The third-order valence-corrected chi connectivity index (χ3v) is 9.41. The van der Waals surface area contributed by atoms with E-state index in [4.69, 9.17) is 15.5 Å². The van der Waals surface area contributed by atoms with E-state index in [1.807, 2.05) is 11.0 Å². The number of anilines is 1. The monoisotopic (exact) mass is 534 g/mol. The van der Waals surface area contributed by atoms with Crippen LogP contribution in [0.3, 0.4) is 0 Å². The molecule has 0 bridgehead atoms. The summed E-state index contributed by atoms with van der Waals surface area (Å²) in [6, 6.07) is 10.4. The number of hydrogen-bond donors (Lipinski definition) is 2. The van der Waals surface area contributed by atoms with Gasteiger partial charge in [-0.1, -0.05) is 69.4 Å². The Balaban J connectivity index is 1.40. The van der Waals surface area contributed by atoms with Gasteiger partial charge in [0.2, 0.25) is 11.8 Å². The number of morpholine rings is 1. The van der Waals surface area contributed by atoms with Gasteiger partial charge < -0.3 is 29.9 Å². The van der Waals surface area contributed by atoms with Crippen molar-refractivity contribution < 1.29 is 14.6 Å². The molecular formula is C30H42N6O3. The maximum absolute atomic E-state index is 12.3. The Hall–Kier alpha value is -2.91. The minimum atomic E-state index is -1.05. The van der Waals surface area contributed by atoms with Crippen molar-refractivity contribution in [2.75, 3.05) is 31.2 Å². The number of carboxylic acid groups (broad SMARTS) is 1. The highest BCUT2D eigenvalue weighted by Gasteiger charge is 2.39. The quantitative estimate of drug-likeness (QED) is 0.498. The van der Waals surface area contributed by atoms with Crippen molar-refractivity contribution in [3.05, 3.63) is 41.6 Å². The second kappa shape index (κ2) is 11.3. The van der Waals surface area contributed by atoms with Crippen molar-refractivity contribution in [3.8, 4) is 0 Å². The molecule has 1 unspecified atom stereocenters. The van der Waals surface area contributed by atoms with Crippen LogP contribution in [0.5, 0.6) is 0 Å². The van der Waals surface area contributed by atoms with Crippen LogP contribution >= 0.6 is 0 Å². The van der Waals surface area contributed by atoms with Gasteiger partial charge in [0, 0.05) is 19.6 Å². The maximum Gasteiger partial charge on any atom is 0.371 e. The molecule has 2 aliphatic heterocycles. The van der Waals surface area contributed by atoms with Crippen molar-refractivity contribution in [2.24, 2.45) is 28.5 Å². The van der Waals surface area contributed by atoms with Crippen LogP contribution in [-0.4, -0.2) is 57.7 Å². The topological polar surface area (TPSA) is 109 Å². The predicted molar refractivity (Wildman–Crippen MR) is 151 cm³/mol. The van der Waals surface area contributed by atoms with Crippen molar-refractivity contribution in [1.29, 1.82) is 0 Å². The fourth-order valence-electron chi connectivity index (χ4n) is 6.74. The second-order valence-electron chi connectivity index (χ2n) is 12.0. The van der Waals surface area contributed by atoms with Gasteiger partial charge in [-0.25, -0.2) is 9.79 Å². The van der Waals surface area contributed by atoms with E-state index >= 15 is 0 Å². The zero-order valence-corrected chi connectivity index (χ0v) is 23.0. The molecule has 2 aromatic rings. The number of ether oxygens (including phenoxy) is 1. The second-order valence-corrected chi connectivity index (χ2v) is 12.0. The van der Waals surface area contributed by atoms with Gasteiger partial charge in [-0.15, -0.1) is 0 Å². The van der Waals surface area contributed by atoms with Gasteiger partial charge in [0.1, 0.15) is 11.9 Å². The van der Waals surface area contributed by atoms with Gasteiger partial charge >= 0.3 is 5.97 Å². The zero-order chi connectivity index (χ0) is 26.9. The van der Waals surface area contributed by atoms with Crippen LogP contribution in [0.2, 0.25) is 0 Å². The molecule has 0 spiro atoms. The van der Waals surface area contributed by atoms with E-state index in [0.29, 0.717) is 44.0 Å². The molecule has 2 atom stereocenters. The molecule has 2 saturated carbocycles. The number of nitrogens with two attached hydrogens (primary N) is 1. The number of aromatic nitrogens is 2. The molecule has 0 amide bonds. The summed E-state index contributed by atoms with van der Waals surface area (Å²) in [5, 5.41) is 10.1. The van der Waals surface area contributed by atoms with E-state index in [1.165, 1.54) is 50.5 Å². The summed E-state index contributed by atoms with van der Waals surface area (Å²) >= 11 is 0. The highest BCUT2D eigenvalue weighted by atomic mass is 16.5. The number of carbonyl (C=O) groups is 1. The van der Waals surface area contributed by atoms with E-state index in [1.54, 1.807) is 0 Å². The number of hydrogen-bond acceptors (Lipinski definition) is 7. The van der Waals surface area contributed by atoms with E-state index in [-0.39, 0.29) is 11.9 Å². The van der Waals surface area contributed by atoms with Gasteiger partial charge in [-0.05, 0) is 42.6 Å². The van der Waals surface area contributed by atoms with Gasteiger partial charge in [-0.2, -0.15) is 4.98 Å². The molecule has 210 valence electrons. The SMILES string of the molecule is CC1CCC(Cn2c(N3CCOC[C@H]3c3ccccc3)nc3c2C(N)N(CCC2CCC2)C(C(=O)O)=N3)CC1. The van der Waals surface area contributed by atoms with Crippen LogP contribution in [0.15, 0.2) is 35.3 Å². The number of amidine groups is 1. The van der Waals surface area contributed by atoms with Crippen LogP contribution < -0.4 is 10.6 Å². The number of fused-ring (bicyclic) bond motifs is 1. The van der Waals surface area contributed by atoms with Crippen LogP contribution in [0.1, 0.15) is 81.8 Å². The van der Waals surface area contributed by atoms with Crippen molar-refractivity contribution in [3.63, 3.8) is 0 Å². The number of imidazole rings is 1. The molecular weight excluding hydrogens is 492 g/mol. The minimum absolute atomic E-state index is 0.0126. The Labute approximate surface area is 231 Å². The number of aliphatic imine (C=N–C) groups is 1. The molecule has 0 radical (unpaired) electrons. The van der Waals surface area contributed by atoms with E-state index in [0.717, 1.165) is 30.5 Å². The predicted octanol–water partition coefficient (Wildman–Crippen LogP) is 4.87. The number of aliphatic carboxylic acids is 1. The molecule has 39 heavy (non-hydrogen) atoms. The number of rotatable bonds is 8. The number of nitrogens with zero attached hydrogens (tertiary/aromatic N) is 5. The summed E-state index contributed by atoms with van der Waals surface area (Å²) < 4.78 is 8.22. The summed E-state index contributed by atoms with van der Waals surface area (Å²) in [7, 11) is 0. The summed E-state index contributed by atoms with van der Waals surface area (Å²) in [5.74, 6) is 2.21. The van der Waals surface area contributed by atoms with Crippen LogP contribution in [0, 0.1) is 17.8 Å². The molecule has 3 N–H and O–H groups in total. The first kappa shape index (κ1) is 26.3. The first-order valence-corrected chi connectivity index (χ1v) is 14.8. The lowest BCUT2D eigenvalue weighted by molar-refractivity contribution is -0.130. The van der Waals surface area contributed by atoms with Crippen LogP contribution in [-0.2, 0) is 16.1 Å². The van der Waals surface area contributed by atoms with Crippen molar-refractivity contribution in [1.82, 2.24) is 14.5 Å². The molecule has 9 nitrogen and oxygen atoms in total. The van der Waals surface area contributed by atoms with E-state index in [9.17, 15) is 9.90 Å². The Morgan fingerprint density at radius 2 is 1.87 bits per heavy atom. The zero-order valence-electron chi connectivity index (χ0n) is 23.0. The lowest BCUT2D eigenvalue weighted by atomic mass is 9.83. The number of benzene rings is 1. The minimum Gasteiger partial charge on any atom is -0.475 e. The summed E-state index contributed by atoms with van der Waals surface area (Å²) in [5.41, 5.74) is 8.98. The van der Waals surface area contributed by atoms with Crippen LogP contribution in [0.25, 0.3) is 0 Å². The summed E-state index contributed by atoms with van der Waals surface area (Å²) in [6.45, 7) is 5.66. The Kier molecular flexibility index (Phi) is 7.62. The summed E-state index contributed by atoms with van der Waals surface area (Å²) in [4.78, 5) is 26.2. The first-order valence-electron chi connectivity index (χ1n) is 14.8. The highest BCUT2D eigenvalue weighted by molar-refractivity contribution is 6.35. The standard InChI is InChI=1S/C30H42N6O3/c1-20-10-12-22(13-11-20)18-36-25-26(31)35(15-14-21-6-5-7-21)28(29(37)38)32-27(25)33-30(36)34-16-17-39-19-24(34)23-8-3-2-4-9-23/h2-4,8-9,20-22,24,26H,5-7,10-19,31H2,1H3,(H,37,38)/t20?,22?,24-,26?/m0/s1. The maximum atomic E-state index is 12.3. The molecule has 4 aliphatic rings. The molecule has 1 aromatic heterocycles. The lowest BCUT2D eigenvalue weighted by Crippen LogP contribution is -2.47. The molecule has 1 saturated heterocycles. The largest absolute Gasteiger partial charge is 0.475 e. The van der Waals surface area contributed by atoms with E-state index < -0.39 is 12.1 Å². The molecule has 3 heterocycles. The Bertz CT molecular complexity index is 1180. The molecule has 9 heteroatoms. The Morgan fingerprint density at radius 3 is 2.56 bits per heavy atom. The molecule has 6 rings (SSSR count). The normalized spacial score (nSPS) is 27.6. The lowest BCUT2D eigenvalue weighted by Gasteiger charge is -2.39. The van der Waals surface area contributed by atoms with Crippen molar-refractivity contribution in [2.45, 2.75) is 77.0 Å². The summed E-state index contributed by atoms with van der Waals surface area (Å²) in [6.07, 6.45) is 8.89.